The van der Waals surface area contributed by atoms with Crippen LogP contribution in [0.1, 0.15) is 12.7 Å². The zero-order chi connectivity index (χ0) is 16.8. The molecule has 0 radical (unpaired) electrons. The molecule has 7 heteroatoms. The van der Waals surface area contributed by atoms with E-state index >= 15 is 0 Å². The normalized spacial score (nSPS) is 11.9. The summed E-state index contributed by atoms with van der Waals surface area (Å²) in [6.45, 7) is 2.99. The van der Waals surface area contributed by atoms with E-state index in [1.807, 2.05) is 24.3 Å². The van der Waals surface area contributed by atoms with Crippen molar-refractivity contribution in [3.63, 3.8) is 0 Å². The van der Waals surface area contributed by atoms with Crippen molar-refractivity contribution in [2.45, 2.75) is 24.4 Å². The molecular weight excluding hydrogens is 332 g/mol. The predicted molar refractivity (Wildman–Crippen MR) is 99.8 cm³/mol. The van der Waals surface area contributed by atoms with Crippen LogP contribution >= 0.6 is 11.8 Å². The van der Waals surface area contributed by atoms with Crippen LogP contribution in [0.3, 0.4) is 0 Å². The minimum absolute atomic E-state index is 0.723. The molecule has 0 saturated carbocycles. The highest BCUT2D eigenvalue weighted by Crippen LogP contribution is 2.27. The standard InChI is InChI=1S/C18H16N6S/c1-2-23-14-9-5-6-10-15(14)24-17(23)21-22-18(24)25-11-16-19-12-7-3-4-8-13(12)20-16/h3-10H,2,11H2,1H3,(H,19,20). The Morgan fingerprint density at radius 3 is 2.64 bits per heavy atom. The number of para-hydroxylation sites is 4. The molecule has 0 amide bonds. The number of hydrogen-bond donors (Lipinski definition) is 1. The van der Waals surface area contributed by atoms with Gasteiger partial charge in [-0.25, -0.2) is 4.98 Å². The summed E-state index contributed by atoms with van der Waals surface area (Å²) in [6, 6.07) is 16.4. The van der Waals surface area contributed by atoms with Crippen LogP contribution in [0.15, 0.2) is 53.7 Å². The number of aromatic nitrogens is 6. The van der Waals surface area contributed by atoms with E-state index in [0.717, 1.165) is 45.6 Å². The number of imidazole rings is 2. The van der Waals surface area contributed by atoms with E-state index in [0.29, 0.717) is 0 Å². The average Bonchev–Trinajstić information content (AvgIpc) is 3.32. The third-order valence-electron chi connectivity index (χ3n) is 4.36. The summed E-state index contributed by atoms with van der Waals surface area (Å²) in [7, 11) is 0. The quantitative estimate of drug-likeness (QED) is 0.501. The van der Waals surface area contributed by atoms with Crippen molar-refractivity contribution in [2.75, 3.05) is 0 Å². The van der Waals surface area contributed by atoms with Gasteiger partial charge in [0, 0.05) is 6.54 Å². The second kappa shape index (κ2) is 5.63. The molecule has 3 heterocycles. The lowest BCUT2D eigenvalue weighted by Crippen LogP contribution is -1.94. The average molecular weight is 348 g/mol. The van der Waals surface area contributed by atoms with E-state index in [9.17, 15) is 0 Å². The Balaban J connectivity index is 1.54. The van der Waals surface area contributed by atoms with E-state index in [1.165, 1.54) is 5.52 Å². The number of H-pyrrole nitrogens is 1. The van der Waals surface area contributed by atoms with Gasteiger partial charge in [0.05, 0.1) is 27.8 Å². The summed E-state index contributed by atoms with van der Waals surface area (Å²) in [5.74, 6) is 2.55. The Bertz CT molecular complexity index is 1170. The van der Waals surface area contributed by atoms with Crippen molar-refractivity contribution in [1.29, 1.82) is 0 Å². The SMILES string of the molecule is CCn1c2ccccc2n2c(SCc3nc4ccccc4[nH]3)nnc12. The Morgan fingerprint density at radius 1 is 1.00 bits per heavy atom. The van der Waals surface area contributed by atoms with Crippen LogP contribution in [-0.2, 0) is 12.3 Å². The number of thioether (sulfide) groups is 1. The van der Waals surface area contributed by atoms with Crippen LogP contribution < -0.4 is 0 Å². The number of aromatic amines is 1. The molecule has 0 bridgehead atoms. The second-order valence-electron chi connectivity index (χ2n) is 5.84. The number of benzene rings is 2. The first-order chi connectivity index (χ1) is 12.3. The molecule has 2 aromatic carbocycles. The van der Waals surface area contributed by atoms with Gasteiger partial charge in [-0.1, -0.05) is 36.0 Å². The molecule has 0 spiro atoms. The molecule has 1 N–H and O–H groups in total. The van der Waals surface area contributed by atoms with Crippen LogP contribution in [0.5, 0.6) is 0 Å². The molecule has 5 aromatic rings. The number of fused-ring (bicyclic) bond motifs is 4. The van der Waals surface area contributed by atoms with Gasteiger partial charge in [-0.3, -0.25) is 4.40 Å². The fourth-order valence-corrected chi connectivity index (χ4v) is 4.06. The Morgan fingerprint density at radius 2 is 1.80 bits per heavy atom. The number of aryl methyl sites for hydroxylation is 1. The van der Waals surface area contributed by atoms with Crippen molar-refractivity contribution < 1.29 is 0 Å². The maximum atomic E-state index is 4.64. The topological polar surface area (TPSA) is 63.8 Å². The molecule has 0 atom stereocenters. The largest absolute Gasteiger partial charge is 0.341 e. The van der Waals surface area contributed by atoms with Gasteiger partial charge in [0.1, 0.15) is 5.82 Å². The minimum Gasteiger partial charge on any atom is -0.341 e. The molecule has 0 aliphatic heterocycles. The van der Waals surface area contributed by atoms with Gasteiger partial charge in [0.25, 0.3) is 0 Å². The maximum absolute atomic E-state index is 4.64. The van der Waals surface area contributed by atoms with Gasteiger partial charge in [0.2, 0.25) is 5.78 Å². The molecule has 0 aliphatic rings. The van der Waals surface area contributed by atoms with Crippen molar-refractivity contribution >= 4 is 39.6 Å². The number of nitrogens with one attached hydrogen (secondary N) is 1. The smallest absolute Gasteiger partial charge is 0.237 e. The summed E-state index contributed by atoms with van der Waals surface area (Å²) in [5.41, 5.74) is 4.37. The van der Waals surface area contributed by atoms with Crippen LogP contribution in [0, 0.1) is 0 Å². The van der Waals surface area contributed by atoms with Crippen molar-refractivity contribution in [3.05, 3.63) is 54.4 Å². The minimum atomic E-state index is 0.723. The molecule has 0 fully saturated rings. The lowest BCUT2D eigenvalue weighted by atomic mass is 10.3. The van der Waals surface area contributed by atoms with Gasteiger partial charge in [0.15, 0.2) is 5.16 Å². The number of hydrogen-bond acceptors (Lipinski definition) is 4. The van der Waals surface area contributed by atoms with Crippen molar-refractivity contribution in [1.82, 2.24) is 29.1 Å². The van der Waals surface area contributed by atoms with Crippen molar-refractivity contribution in [3.8, 4) is 0 Å². The fraction of sp³-hybridized carbons (Fsp3) is 0.167. The Kier molecular flexibility index (Phi) is 3.27. The van der Waals surface area contributed by atoms with E-state index in [4.69, 9.17) is 0 Å². The first kappa shape index (κ1) is 14.5. The molecule has 0 saturated heterocycles. The molecule has 6 nitrogen and oxygen atoms in total. The molecule has 5 rings (SSSR count). The summed E-state index contributed by atoms with van der Waals surface area (Å²) in [6.07, 6.45) is 0. The summed E-state index contributed by atoms with van der Waals surface area (Å²) < 4.78 is 4.32. The number of nitrogens with zero attached hydrogens (tertiary/aromatic N) is 5. The van der Waals surface area contributed by atoms with E-state index in [-0.39, 0.29) is 0 Å². The van der Waals surface area contributed by atoms with Gasteiger partial charge in [-0.2, -0.15) is 0 Å². The molecule has 124 valence electrons. The summed E-state index contributed by atoms with van der Waals surface area (Å²) in [4.78, 5) is 8.00. The zero-order valence-corrected chi connectivity index (χ0v) is 14.5. The fourth-order valence-electron chi connectivity index (χ4n) is 3.25. The molecule has 25 heavy (non-hydrogen) atoms. The summed E-state index contributed by atoms with van der Waals surface area (Å²) in [5, 5.41) is 9.69. The van der Waals surface area contributed by atoms with Crippen LogP contribution in [-0.4, -0.2) is 29.1 Å². The maximum Gasteiger partial charge on any atom is 0.237 e. The first-order valence-electron chi connectivity index (χ1n) is 8.24. The molecule has 0 aliphatic carbocycles. The molecular formula is C18H16N6S. The Labute approximate surface area is 147 Å². The summed E-state index contributed by atoms with van der Waals surface area (Å²) >= 11 is 1.65. The van der Waals surface area contributed by atoms with E-state index < -0.39 is 0 Å². The molecule has 3 aromatic heterocycles. The highest BCUT2D eigenvalue weighted by atomic mass is 32.2. The van der Waals surface area contributed by atoms with Crippen molar-refractivity contribution in [2.24, 2.45) is 0 Å². The van der Waals surface area contributed by atoms with Gasteiger partial charge < -0.3 is 9.55 Å². The van der Waals surface area contributed by atoms with Gasteiger partial charge >= 0.3 is 0 Å². The van der Waals surface area contributed by atoms with Gasteiger partial charge in [-0.15, -0.1) is 10.2 Å². The molecule has 0 unspecified atom stereocenters. The monoisotopic (exact) mass is 348 g/mol. The third kappa shape index (κ3) is 2.23. The highest BCUT2D eigenvalue weighted by molar-refractivity contribution is 7.98. The first-order valence-corrected chi connectivity index (χ1v) is 9.22. The van der Waals surface area contributed by atoms with Crippen LogP contribution in [0.4, 0.5) is 0 Å². The predicted octanol–water partition coefficient (Wildman–Crippen LogP) is 3.87. The lowest BCUT2D eigenvalue weighted by molar-refractivity contribution is 0.802. The highest BCUT2D eigenvalue weighted by Gasteiger charge is 2.16. The van der Waals surface area contributed by atoms with E-state index in [2.05, 4.69) is 60.3 Å². The zero-order valence-electron chi connectivity index (χ0n) is 13.7. The van der Waals surface area contributed by atoms with Crippen LogP contribution in [0.2, 0.25) is 0 Å². The second-order valence-corrected chi connectivity index (χ2v) is 6.78. The van der Waals surface area contributed by atoms with E-state index in [1.54, 1.807) is 11.8 Å². The number of rotatable bonds is 4. The Hall–Kier alpha value is -2.80. The van der Waals surface area contributed by atoms with Gasteiger partial charge in [-0.05, 0) is 31.2 Å². The lowest BCUT2D eigenvalue weighted by Gasteiger charge is -1.98. The third-order valence-corrected chi connectivity index (χ3v) is 5.30. The van der Waals surface area contributed by atoms with Crippen LogP contribution in [0.25, 0.3) is 27.8 Å².